The average molecular weight is 642 g/mol. The number of ether oxygens (including phenoxy) is 1. The number of amides is 2. The number of rotatable bonds is 9. The Bertz CT molecular complexity index is 1600. The predicted molar refractivity (Wildman–Crippen MR) is 160 cm³/mol. The predicted octanol–water partition coefficient (Wildman–Crippen LogP) is 1.79. The number of likely N-dealkylation sites (N-methyl/N-ethyl adjacent to an activating group) is 1. The Hall–Kier alpha value is -4.66. The van der Waals surface area contributed by atoms with Gasteiger partial charge in [0.15, 0.2) is 17.1 Å². The summed E-state index contributed by atoms with van der Waals surface area (Å²) in [6.45, 7) is 8.40. The molecular weight excluding hydrogens is 607 g/mol. The van der Waals surface area contributed by atoms with Crippen molar-refractivity contribution < 1.29 is 27.5 Å². The zero-order valence-corrected chi connectivity index (χ0v) is 25.4. The number of hydrogen-bond acceptors (Lipinski definition) is 11. The molecule has 0 radical (unpaired) electrons. The third-order valence-electron chi connectivity index (χ3n) is 7.99. The highest BCUT2D eigenvalue weighted by Gasteiger charge is 2.37. The first-order valence-electron chi connectivity index (χ1n) is 14.8. The van der Waals surface area contributed by atoms with Crippen molar-refractivity contribution in [2.45, 2.75) is 25.6 Å². The number of piperazine rings is 1. The van der Waals surface area contributed by atoms with E-state index in [0.717, 1.165) is 32.6 Å². The number of carbonyl (C=O) groups is 2. The molecule has 0 unspecified atom stereocenters. The molecule has 17 heteroatoms. The zero-order chi connectivity index (χ0) is 32.8. The molecule has 2 saturated heterocycles. The van der Waals surface area contributed by atoms with Gasteiger partial charge in [-0.3, -0.25) is 14.5 Å². The number of nitrogens with zero attached hydrogens (tertiary/aromatic N) is 9. The molecule has 2 N–H and O–H groups in total. The van der Waals surface area contributed by atoms with Crippen LogP contribution in [0.2, 0.25) is 0 Å². The third-order valence-corrected chi connectivity index (χ3v) is 7.99. The lowest BCUT2D eigenvalue weighted by Gasteiger charge is -2.39. The fourth-order valence-corrected chi connectivity index (χ4v) is 5.24. The van der Waals surface area contributed by atoms with Gasteiger partial charge in [0, 0.05) is 45.3 Å². The van der Waals surface area contributed by atoms with Crippen LogP contribution in [0.25, 0.3) is 5.69 Å². The number of nitriles is 1. The number of benzene rings is 1. The van der Waals surface area contributed by atoms with Crippen molar-refractivity contribution in [1.29, 1.82) is 5.26 Å². The Morgan fingerprint density at radius 2 is 1.87 bits per heavy atom. The Morgan fingerprint density at radius 3 is 2.59 bits per heavy atom. The van der Waals surface area contributed by atoms with E-state index in [1.807, 2.05) is 18.9 Å². The highest BCUT2D eigenvalue weighted by atomic mass is 19.4. The SMILES string of the molecule is C[C@H]1CN(c2ccc(-n3cc(C(=O)NCCCN4CCOCC4)nn3)cc2NC(=O)c2nnc(C#N)cc2C(F)(F)F)CCN1C. The minimum Gasteiger partial charge on any atom is -0.379 e. The van der Waals surface area contributed by atoms with Crippen LogP contribution in [0.3, 0.4) is 0 Å². The molecule has 2 aromatic heterocycles. The average Bonchev–Trinajstić information content (AvgIpc) is 3.55. The van der Waals surface area contributed by atoms with E-state index in [0.29, 0.717) is 50.3 Å². The maximum atomic E-state index is 13.8. The van der Waals surface area contributed by atoms with Crippen molar-refractivity contribution in [2.75, 3.05) is 76.3 Å². The number of alkyl halides is 3. The van der Waals surface area contributed by atoms with E-state index in [4.69, 9.17) is 10.00 Å². The monoisotopic (exact) mass is 641 g/mol. The largest absolute Gasteiger partial charge is 0.418 e. The van der Waals surface area contributed by atoms with E-state index in [1.165, 1.54) is 16.9 Å². The van der Waals surface area contributed by atoms with Gasteiger partial charge in [0.25, 0.3) is 11.8 Å². The lowest BCUT2D eigenvalue weighted by molar-refractivity contribution is -0.138. The number of anilines is 2. The van der Waals surface area contributed by atoms with Crippen LogP contribution in [0.1, 0.15) is 45.6 Å². The molecule has 1 atom stereocenters. The summed E-state index contributed by atoms with van der Waals surface area (Å²) in [6.07, 6.45) is -2.76. The first kappa shape index (κ1) is 32.7. The van der Waals surface area contributed by atoms with Crippen LogP contribution in [-0.2, 0) is 10.9 Å². The molecule has 2 aliphatic rings. The lowest BCUT2D eigenvalue weighted by atomic mass is 10.1. The molecule has 244 valence electrons. The van der Waals surface area contributed by atoms with E-state index in [2.05, 4.69) is 40.9 Å². The van der Waals surface area contributed by atoms with Crippen LogP contribution in [-0.4, -0.2) is 119 Å². The topological polar surface area (TPSA) is 157 Å². The molecule has 0 bridgehead atoms. The van der Waals surface area contributed by atoms with Gasteiger partial charge in [0.05, 0.1) is 42.0 Å². The Balaban J connectivity index is 1.37. The fraction of sp³-hybridized carbons (Fsp3) is 0.483. The highest BCUT2D eigenvalue weighted by molar-refractivity contribution is 6.06. The molecule has 46 heavy (non-hydrogen) atoms. The second-order valence-electron chi connectivity index (χ2n) is 11.1. The second kappa shape index (κ2) is 14.2. The van der Waals surface area contributed by atoms with Crippen LogP contribution in [0, 0.1) is 11.3 Å². The smallest absolute Gasteiger partial charge is 0.379 e. The van der Waals surface area contributed by atoms with Crippen LogP contribution in [0.15, 0.2) is 30.5 Å². The molecule has 5 rings (SSSR count). The van der Waals surface area contributed by atoms with E-state index in [1.54, 1.807) is 18.2 Å². The maximum absolute atomic E-state index is 13.8. The van der Waals surface area contributed by atoms with Gasteiger partial charge in [-0.25, -0.2) is 4.68 Å². The summed E-state index contributed by atoms with van der Waals surface area (Å²) in [5.41, 5.74) is -1.66. The van der Waals surface area contributed by atoms with Gasteiger partial charge in [0.2, 0.25) is 0 Å². The molecule has 14 nitrogen and oxygen atoms in total. The van der Waals surface area contributed by atoms with Crippen molar-refractivity contribution >= 4 is 23.2 Å². The molecular formula is C29H34F3N11O3. The number of hydrogen-bond donors (Lipinski definition) is 2. The molecule has 1 aromatic carbocycles. The molecule has 0 saturated carbocycles. The maximum Gasteiger partial charge on any atom is 0.418 e. The van der Waals surface area contributed by atoms with Crippen LogP contribution < -0.4 is 15.5 Å². The zero-order valence-electron chi connectivity index (χ0n) is 25.4. The fourth-order valence-electron chi connectivity index (χ4n) is 5.24. The molecule has 4 heterocycles. The Labute approximate surface area is 263 Å². The molecule has 3 aromatic rings. The Morgan fingerprint density at radius 1 is 1.09 bits per heavy atom. The first-order valence-corrected chi connectivity index (χ1v) is 14.8. The van der Waals surface area contributed by atoms with E-state index in [9.17, 15) is 22.8 Å². The van der Waals surface area contributed by atoms with E-state index >= 15 is 0 Å². The molecule has 2 amide bonds. The summed E-state index contributed by atoms with van der Waals surface area (Å²) in [7, 11) is 2.00. The summed E-state index contributed by atoms with van der Waals surface area (Å²) in [6, 6.07) is 7.16. The summed E-state index contributed by atoms with van der Waals surface area (Å²) >= 11 is 0. The van der Waals surface area contributed by atoms with Gasteiger partial charge < -0.3 is 25.2 Å². The van der Waals surface area contributed by atoms with Crippen molar-refractivity contribution in [3.63, 3.8) is 0 Å². The summed E-state index contributed by atoms with van der Waals surface area (Å²) < 4.78 is 48.2. The van der Waals surface area contributed by atoms with Crippen molar-refractivity contribution in [2.24, 2.45) is 0 Å². The standard InChI is InChI=1S/C29H34F3N11O3/c1-19-17-42(9-8-40(19)2)25-5-4-21(15-23(25)35-28(45)26-22(29(30,31)32)14-20(16-33)36-38-26)43-18-24(37-39-43)27(44)34-6-3-7-41-10-12-46-13-11-41/h4-5,14-15,18-19H,3,6-13,17H2,1-2H3,(H,34,44)(H,35,45)/t19-/m0/s1. The van der Waals surface area contributed by atoms with Gasteiger partial charge in [-0.05, 0) is 51.2 Å². The van der Waals surface area contributed by atoms with Crippen LogP contribution in [0.5, 0.6) is 0 Å². The summed E-state index contributed by atoms with van der Waals surface area (Å²) in [5.74, 6) is -1.55. The van der Waals surface area contributed by atoms with E-state index in [-0.39, 0.29) is 17.4 Å². The van der Waals surface area contributed by atoms with Crippen molar-refractivity contribution in [3.05, 3.63) is 53.1 Å². The van der Waals surface area contributed by atoms with E-state index < -0.39 is 34.9 Å². The van der Waals surface area contributed by atoms with Gasteiger partial charge in [-0.2, -0.15) is 18.4 Å². The molecule has 0 spiro atoms. The van der Waals surface area contributed by atoms with Crippen LogP contribution in [0.4, 0.5) is 24.5 Å². The minimum absolute atomic E-state index is 0.0802. The number of halogens is 3. The van der Waals surface area contributed by atoms with Crippen molar-refractivity contribution in [3.8, 4) is 11.8 Å². The number of aromatic nitrogens is 5. The van der Waals surface area contributed by atoms with Gasteiger partial charge >= 0.3 is 6.18 Å². The van der Waals surface area contributed by atoms with Gasteiger partial charge in [-0.15, -0.1) is 15.3 Å². The second-order valence-corrected chi connectivity index (χ2v) is 11.1. The molecule has 2 fully saturated rings. The summed E-state index contributed by atoms with van der Waals surface area (Å²) in [5, 5.41) is 29.4. The highest BCUT2D eigenvalue weighted by Crippen LogP contribution is 2.34. The third kappa shape index (κ3) is 7.76. The number of carbonyl (C=O) groups excluding carboxylic acids is 2. The summed E-state index contributed by atoms with van der Waals surface area (Å²) in [4.78, 5) is 32.5. The molecule has 2 aliphatic heterocycles. The Kier molecular flexibility index (Phi) is 10.1. The normalized spacial score (nSPS) is 17.8. The van der Waals surface area contributed by atoms with Gasteiger partial charge in [-0.1, -0.05) is 5.21 Å². The van der Waals surface area contributed by atoms with Crippen molar-refractivity contribution in [1.82, 2.24) is 40.3 Å². The number of nitrogens with one attached hydrogen (secondary N) is 2. The first-order chi connectivity index (χ1) is 22.0. The van der Waals surface area contributed by atoms with Gasteiger partial charge in [0.1, 0.15) is 6.07 Å². The molecule has 0 aliphatic carbocycles. The number of morpholine rings is 1. The minimum atomic E-state index is -4.95. The lowest BCUT2D eigenvalue weighted by Crippen LogP contribution is -2.50. The van der Waals surface area contributed by atoms with Crippen LogP contribution >= 0.6 is 0 Å². The quantitative estimate of drug-likeness (QED) is 0.328.